The molecule has 0 bridgehead atoms. The summed E-state index contributed by atoms with van der Waals surface area (Å²) < 4.78 is 0. The summed E-state index contributed by atoms with van der Waals surface area (Å²) in [6, 6.07) is 5.54. The van der Waals surface area contributed by atoms with Crippen molar-refractivity contribution in [3.05, 3.63) is 29.3 Å². The molecule has 2 rings (SSSR count). The lowest BCUT2D eigenvalue weighted by Crippen LogP contribution is -2.26. The summed E-state index contributed by atoms with van der Waals surface area (Å²) in [6.07, 6.45) is 2.08. The minimum absolute atomic E-state index is 0.0483. The summed E-state index contributed by atoms with van der Waals surface area (Å²) in [4.78, 5) is 19.7. The molecule has 0 spiro atoms. The van der Waals surface area contributed by atoms with Crippen LogP contribution < -0.4 is 22.5 Å². The predicted octanol–water partition coefficient (Wildman–Crippen LogP) is 0.107. The Morgan fingerprint density at radius 1 is 1.30 bits per heavy atom. The molecule has 0 aromatic heterocycles. The SMILES string of the molecule is Cc1ccc(C(=O)NC2CC2)cc1N=C(N)N=C(N)N. The molecule has 0 saturated heterocycles. The van der Waals surface area contributed by atoms with Crippen molar-refractivity contribution in [2.45, 2.75) is 25.8 Å². The molecule has 106 valence electrons. The summed E-state index contributed by atoms with van der Waals surface area (Å²) in [6.45, 7) is 1.87. The number of aliphatic imine (C=N–C) groups is 2. The van der Waals surface area contributed by atoms with Crippen LogP contribution in [-0.4, -0.2) is 23.9 Å². The van der Waals surface area contributed by atoms with Gasteiger partial charge in [-0.3, -0.25) is 4.79 Å². The number of carbonyl (C=O) groups excluding carboxylic acids is 1. The second-order valence-corrected chi connectivity index (χ2v) is 4.76. The van der Waals surface area contributed by atoms with Crippen molar-refractivity contribution in [3.63, 3.8) is 0 Å². The van der Waals surface area contributed by atoms with E-state index < -0.39 is 0 Å². The Kier molecular flexibility index (Phi) is 3.88. The fourth-order valence-electron chi connectivity index (χ4n) is 1.65. The Hall–Kier alpha value is -2.57. The van der Waals surface area contributed by atoms with Crippen LogP contribution in [0.2, 0.25) is 0 Å². The lowest BCUT2D eigenvalue weighted by atomic mass is 10.1. The molecule has 1 aromatic rings. The van der Waals surface area contributed by atoms with E-state index in [1.54, 1.807) is 12.1 Å². The average molecular weight is 274 g/mol. The van der Waals surface area contributed by atoms with Gasteiger partial charge in [-0.2, -0.15) is 4.99 Å². The van der Waals surface area contributed by atoms with Crippen LogP contribution in [0.3, 0.4) is 0 Å². The maximum Gasteiger partial charge on any atom is 0.251 e. The first-order valence-corrected chi connectivity index (χ1v) is 6.31. The van der Waals surface area contributed by atoms with Crippen molar-refractivity contribution in [1.29, 1.82) is 0 Å². The van der Waals surface area contributed by atoms with Crippen LogP contribution in [-0.2, 0) is 0 Å². The van der Waals surface area contributed by atoms with Gasteiger partial charge in [0.2, 0.25) is 5.96 Å². The third kappa shape index (κ3) is 3.71. The largest absolute Gasteiger partial charge is 0.370 e. The van der Waals surface area contributed by atoms with Gasteiger partial charge >= 0.3 is 0 Å². The lowest BCUT2D eigenvalue weighted by Gasteiger charge is -2.06. The minimum atomic E-state index is -0.161. The highest BCUT2D eigenvalue weighted by molar-refractivity contribution is 5.97. The number of hydrogen-bond donors (Lipinski definition) is 4. The molecule has 1 saturated carbocycles. The van der Waals surface area contributed by atoms with Crippen LogP contribution >= 0.6 is 0 Å². The molecule has 0 atom stereocenters. The summed E-state index contributed by atoms with van der Waals surface area (Å²) in [5, 5.41) is 2.92. The van der Waals surface area contributed by atoms with Gasteiger partial charge in [0.1, 0.15) is 0 Å². The molecule has 1 aromatic carbocycles. The first-order chi connectivity index (χ1) is 9.45. The van der Waals surface area contributed by atoms with E-state index in [0.29, 0.717) is 17.3 Å². The molecule has 1 aliphatic carbocycles. The van der Waals surface area contributed by atoms with Crippen molar-refractivity contribution < 1.29 is 4.79 Å². The van der Waals surface area contributed by atoms with E-state index in [4.69, 9.17) is 17.2 Å². The van der Waals surface area contributed by atoms with Gasteiger partial charge in [0, 0.05) is 11.6 Å². The van der Waals surface area contributed by atoms with Crippen LogP contribution in [0.25, 0.3) is 0 Å². The van der Waals surface area contributed by atoms with Gasteiger partial charge in [-0.1, -0.05) is 6.07 Å². The highest BCUT2D eigenvalue weighted by Gasteiger charge is 2.23. The van der Waals surface area contributed by atoms with Crippen LogP contribution in [0.15, 0.2) is 28.2 Å². The molecule has 0 radical (unpaired) electrons. The Morgan fingerprint density at radius 3 is 2.60 bits per heavy atom. The van der Waals surface area contributed by atoms with E-state index in [2.05, 4.69) is 15.3 Å². The zero-order chi connectivity index (χ0) is 14.7. The molecule has 7 nitrogen and oxygen atoms in total. The first kappa shape index (κ1) is 13.9. The molecule has 0 aliphatic heterocycles. The maximum absolute atomic E-state index is 12.0. The number of amides is 1. The van der Waals surface area contributed by atoms with E-state index in [1.165, 1.54) is 0 Å². The molecule has 0 heterocycles. The third-order valence-electron chi connectivity index (χ3n) is 2.86. The number of nitrogens with zero attached hydrogens (tertiary/aromatic N) is 2. The Balaban J connectivity index is 2.23. The zero-order valence-corrected chi connectivity index (χ0v) is 11.3. The van der Waals surface area contributed by atoms with Crippen molar-refractivity contribution in [2.75, 3.05) is 0 Å². The number of rotatable bonds is 3. The van der Waals surface area contributed by atoms with Gasteiger partial charge in [0.15, 0.2) is 5.96 Å². The van der Waals surface area contributed by atoms with Crippen LogP contribution in [0.4, 0.5) is 5.69 Å². The molecule has 1 fully saturated rings. The standard InChI is InChI=1S/C13H18N6O/c1-7-2-3-8(11(20)17-9-4-5-9)6-10(7)18-13(16)19-12(14)15/h2-3,6,9H,4-5H2,1H3,(H,17,20)(H6,14,15,16,18,19). The Morgan fingerprint density at radius 2 is 2.00 bits per heavy atom. The topological polar surface area (TPSA) is 132 Å². The average Bonchev–Trinajstić information content (AvgIpc) is 3.14. The monoisotopic (exact) mass is 274 g/mol. The molecular formula is C13H18N6O. The number of carbonyl (C=O) groups is 1. The molecule has 0 unspecified atom stereocenters. The van der Waals surface area contributed by atoms with E-state index >= 15 is 0 Å². The summed E-state index contributed by atoms with van der Waals surface area (Å²) in [5.74, 6) is -0.316. The van der Waals surface area contributed by atoms with Crippen LogP contribution in [0.1, 0.15) is 28.8 Å². The summed E-state index contributed by atoms with van der Waals surface area (Å²) in [5.41, 5.74) is 18.0. The lowest BCUT2D eigenvalue weighted by molar-refractivity contribution is 0.0951. The number of aryl methyl sites for hydroxylation is 1. The molecular weight excluding hydrogens is 256 g/mol. The number of guanidine groups is 2. The van der Waals surface area contributed by atoms with E-state index in [0.717, 1.165) is 18.4 Å². The van der Waals surface area contributed by atoms with E-state index in [9.17, 15) is 4.79 Å². The van der Waals surface area contributed by atoms with E-state index in [-0.39, 0.29) is 17.8 Å². The van der Waals surface area contributed by atoms with Gasteiger partial charge in [0.25, 0.3) is 5.91 Å². The van der Waals surface area contributed by atoms with Crippen LogP contribution in [0.5, 0.6) is 0 Å². The van der Waals surface area contributed by atoms with Crippen molar-refractivity contribution in [1.82, 2.24) is 5.32 Å². The quantitative estimate of drug-likeness (QED) is 0.460. The smallest absolute Gasteiger partial charge is 0.251 e. The molecule has 20 heavy (non-hydrogen) atoms. The molecule has 7 heteroatoms. The zero-order valence-electron chi connectivity index (χ0n) is 11.3. The van der Waals surface area contributed by atoms with Crippen LogP contribution in [0, 0.1) is 6.92 Å². The fourth-order valence-corrected chi connectivity index (χ4v) is 1.65. The molecule has 1 aliphatic rings. The second-order valence-electron chi connectivity index (χ2n) is 4.76. The Bertz CT molecular complexity index is 585. The third-order valence-corrected chi connectivity index (χ3v) is 2.86. The number of nitrogens with two attached hydrogens (primary N) is 3. The minimum Gasteiger partial charge on any atom is -0.370 e. The maximum atomic E-state index is 12.0. The first-order valence-electron chi connectivity index (χ1n) is 6.31. The predicted molar refractivity (Wildman–Crippen MR) is 78.8 cm³/mol. The van der Waals surface area contributed by atoms with Crippen molar-refractivity contribution in [3.8, 4) is 0 Å². The van der Waals surface area contributed by atoms with Crippen molar-refractivity contribution >= 4 is 23.5 Å². The highest BCUT2D eigenvalue weighted by Crippen LogP contribution is 2.22. The van der Waals surface area contributed by atoms with Crippen molar-refractivity contribution in [2.24, 2.45) is 27.2 Å². The van der Waals surface area contributed by atoms with Gasteiger partial charge in [-0.05, 0) is 37.5 Å². The fraction of sp³-hybridized carbons (Fsp3) is 0.308. The van der Waals surface area contributed by atoms with Gasteiger partial charge in [-0.25, -0.2) is 4.99 Å². The Labute approximate surface area is 117 Å². The molecule has 1 amide bonds. The highest BCUT2D eigenvalue weighted by atomic mass is 16.1. The van der Waals surface area contributed by atoms with E-state index in [1.807, 2.05) is 13.0 Å². The van der Waals surface area contributed by atoms with Gasteiger partial charge in [0.05, 0.1) is 5.69 Å². The molecule has 7 N–H and O–H groups in total. The summed E-state index contributed by atoms with van der Waals surface area (Å²) in [7, 11) is 0. The number of nitrogens with one attached hydrogen (secondary N) is 1. The summed E-state index contributed by atoms with van der Waals surface area (Å²) >= 11 is 0. The van der Waals surface area contributed by atoms with Gasteiger partial charge in [-0.15, -0.1) is 0 Å². The van der Waals surface area contributed by atoms with Gasteiger partial charge < -0.3 is 22.5 Å². The normalized spacial score (nSPS) is 14.8. The number of benzene rings is 1. The number of hydrogen-bond acceptors (Lipinski definition) is 2. The second kappa shape index (κ2) is 5.60.